The summed E-state index contributed by atoms with van der Waals surface area (Å²) in [5, 5.41) is 3.20. The van der Waals surface area contributed by atoms with Gasteiger partial charge in [-0.2, -0.15) is 0 Å². The fraction of sp³-hybridized carbons (Fsp3) is 1.00. The molecular formula is C11H27N2+. The molecule has 0 aromatic carbocycles. The SMILES string of the molecule is CCCCC[N+](C)(C)CCCNC. The third-order valence-corrected chi connectivity index (χ3v) is 2.56. The number of rotatable bonds is 8. The molecule has 0 atom stereocenters. The Kier molecular flexibility index (Phi) is 7.29. The molecule has 2 heteroatoms. The van der Waals surface area contributed by atoms with Gasteiger partial charge >= 0.3 is 0 Å². The van der Waals surface area contributed by atoms with Gasteiger partial charge < -0.3 is 9.80 Å². The second kappa shape index (κ2) is 7.34. The van der Waals surface area contributed by atoms with E-state index in [0.29, 0.717) is 0 Å². The predicted octanol–water partition coefficient (Wildman–Crippen LogP) is 1.86. The monoisotopic (exact) mass is 187 g/mol. The van der Waals surface area contributed by atoms with Crippen molar-refractivity contribution in [2.45, 2.75) is 32.6 Å². The first-order chi connectivity index (χ1) is 6.12. The van der Waals surface area contributed by atoms with E-state index in [4.69, 9.17) is 0 Å². The summed E-state index contributed by atoms with van der Waals surface area (Å²) in [4.78, 5) is 0. The number of hydrogen-bond donors (Lipinski definition) is 1. The molecule has 0 heterocycles. The molecule has 0 rings (SSSR count). The smallest absolute Gasteiger partial charge is 0.0794 e. The van der Waals surface area contributed by atoms with Crippen LogP contribution < -0.4 is 5.32 Å². The van der Waals surface area contributed by atoms with Crippen LogP contribution in [-0.4, -0.2) is 45.3 Å². The van der Waals surface area contributed by atoms with Crippen molar-refractivity contribution in [2.24, 2.45) is 0 Å². The van der Waals surface area contributed by atoms with Crippen LogP contribution in [0.25, 0.3) is 0 Å². The fourth-order valence-electron chi connectivity index (χ4n) is 1.59. The van der Waals surface area contributed by atoms with Gasteiger partial charge in [-0.25, -0.2) is 0 Å². The quantitative estimate of drug-likeness (QED) is 0.452. The second-order valence-corrected chi connectivity index (χ2v) is 4.55. The van der Waals surface area contributed by atoms with E-state index in [0.717, 1.165) is 6.54 Å². The van der Waals surface area contributed by atoms with Gasteiger partial charge in [0.05, 0.1) is 27.2 Å². The van der Waals surface area contributed by atoms with Gasteiger partial charge in [-0.15, -0.1) is 0 Å². The summed E-state index contributed by atoms with van der Waals surface area (Å²) in [6, 6.07) is 0. The molecule has 0 amide bonds. The van der Waals surface area contributed by atoms with Gasteiger partial charge in [0.2, 0.25) is 0 Å². The van der Waals surface area contributed by atoms with Gasteiger partial charge in [0.1, 0.15) is 0 Å². The van der Waals surface area contributed by atoms with Gasteiger partial charge in [-0.05, 0) is 19.9 Å². The van der Waals surface area contributed by atoms with Crippen LogP contribution in [0.15, 0.2) is 0 Å². The average Bonchev–Trinajstić information content (AvgIpc) is 2.05. The molecule has 80 valence electrons. The minimum Gasteiger partial charge on any atom is -0.328 e. The highest BCUT2D eigenvalue weighted by Crippen LogP contribution is 2.04. The highest BCUT2D eigenvalue weighted by atomic mass is 15.3. The van der Waals surface area contributed by atoms with Crippen LogP contribution in [0.4, 0.5) is 0 Å². The minimum absolute atomic E-state index is 1.15. The zero-order chi connectivity index (χ0) is 10.2. The Hall–Kier alpha value is -0.0800. The minimum atomic E-state index is 1.15. The van der Waals surface area contributed by atoms with Crippen LogP contribution in [0.1, 0.15) is 32.6 Å². The summed E-state index contributed by atoms with van der Waals surface area (Å²) >= 11 is 0. The van der Waals surface area contributed by atoms with Crippen LogP contribution >= 0.6 is 0 Å². The molecule has 0 saturated carbocycles. The van der Waals surface area contributed by atoms with E-state index in [1.54, 1.807) is 0 Å². The van der Waals surface area contributed by atoms with Crippen molar-refractivity contribution in [3.8, 4) is 0 Å². The molecule has 0 saturated heterocycles. The van der Waals surface area contributed by atoms with Crippen LogP contribution in [0, 0.1) is 0 Å². The van der Waals surface area contributed by atoms with E-state index in [2.05, 4.69) is 26.3 Å². The Labute approximate surface area is 83.9 Å². The van der Waals surface area contributed by atoms with Crippen molar-refractivity contribution in [3.63, 3.8) is 0 Å². The van der Waals surface area contributed by atoms with E-state index in [-0.39, 0.29) is 0 Å². The van der Waals surface area contributed by atoms with Crippen molar-refractivity contribution in [2.75, 3.05) is 40.8 Å². The molecular weight excluding hydrogens is 160 g/mol. The molecule has 0 aliphatic carbocycles. The highest BCUT2D eigenvalue weighted by molar-refractivity contribution is 4.42. The lowest BCUT2D eigenvalue weighted by molar-refractivity contribution is -0.890. The van der Waals surface area contributed by atoms with Crippen molar-refractivity contribution in [1.82, 2.24) is 5.32 Å². The molecule has 2 nitrogen and oxygen atoms in total. The molecule has 0 aromatic rings. The van der Waals surface area contributed by atoms with Crippen molar-refractivity contribution >= 4 is 0 Å². The second-order valence-electron chi connectivity index (χ2n) is 4.55. The molecule has 1 N–H and O–H groups in total. The maximum absolute atomic E-state index is 3.20. The largest absolute Gasteiger partial charge is 0.328 e. The van der Waals surface area contributed by atoms with E-state index >= 15 is 0 Å². The summed E-state index contributed by atoms with van der Waals surface area (Å²) < 4.78 is 1.18. The van der Waals surface area contributed by atoms with Gasteiger partial charge in [0.15, 0.2) is 0 Å². The van der Waals surface area contributed by atoms with E-state index in [1.807, 2.05) is 7.05 Å². The zero-order valence-corrected chi connectivity index (χ0v) is 9.90. The lowest BCUT2D eigenvalue weighted by Crippen LogP contribution is -2.42. The zero-order valence-electron chi connectivity index (χ0n) is 9.90. The first-order valence-electron chi connectivity index (χ1n) is 5.59. The molecule has 0 aliphatic heterocycles. The molecule has 13 heavy (non-hydrogen) atoms. The van der Waals surface area contributed by atoms with Crippen molar-refractivity contribution < 1.29 is 4.48 Å². The van der Waals surface area contributed by atoms with E-state index < -0.39 is 0 Å². The summed E-state index contributed by atoms with van der Waals surface area (Å²) in [6.07, 6.45) is 5.38. The molecule has 0 aromatic heterocycles. The Bertz CT molecular complexity index is 98.7. The summed E-state index contributed by atoms with van der Waals surface area (Å²) in [7, 11) is 6.70. The van der Waals surface area contributed by atoms with Crippen LogP contribution in [0.2, 0.25) is 0 Å². The van der Waals surface area contributed by atoms with Crippen molar-refractivity contribution in [1.29, 1.82) is 0 Å². The van der Waals surface area contributed by atoms with Gasteiger partial charge in [0, 0.05) is 13.0 Å². The fourth-order valence-corrected chi connectivity index (χ4v) is 1.59. The van der Waals surface area contributed by atoms with Crippen molar-refractivity contribution in [3.05, 3.63) is 0 Å². The Morgan fingerprint density at radius 1 is 1.00 bits per heavy atom. The Balaban J connectivity index is 3.42. The number of nitrogens with zero attached hydrogens (tertiary/aromatic N) is 1. The number of hydrogen-bond acceptors (Lipinski definition) is 1. The third-order valence-electron chi connectivity index (χ3n) is 2.56. The first-order valence-corrected chi connectivity index (χ1v) is 5.59. The first kappa shape index (κ1) is 12.9. The highest BCUT2D eigenvalue weighted by Gasteiger charge is 2.12. The Morgan fingerprint density at radius 3 is 2.15 bits per heavy atom. The van der Waals surface area contributed by atoms with Gasteiger partial charge in [-0.1, -0.05) is 13.3 Å². The molecule has 0 radical (unpaired) electrons. The molecule has 0 unspecified atom stereocenters. The maximum atomic E-state index is 3.20. The summed E-state index contributed by atoms with van der Waals surface area (Å²) in [6.45, 7) is 6.04. The number of quaternary nitrogens is 1. The lowest BCUT2D eigenvalue weighted by atomic mass is 10.2. The summed E-state index contributed by atoms with van der Waals surface area (Å²) in [5.74, 6) is 0. The van der Waals surface area contributed by atoms with Gasteiger partial charge in [-0.3, -0.25) is 0 Å². The maximum Gasteiger partial charge on any atom is 0.0794 e. The number of nitrogens with one attached hydrogen (secondary N) is 1. The van der Waals surface area contributed by atoms with Crippen LogP contribution in [0.3, 0.4) is 0 Å². The predicted molar refractivity (Wildman–Crippen MR) is 59.9 cm³/mol. The standard InChI is InChI=1S/C11H27N2/c1-5-6-7-10-13(3,4)11-8-9-12-2/h12H,5-11H2,1-4H3/q+1. The molecule has 0 aliphatic rings. The molecule has 0 fully saturated rings. The topological polar surface area (TPSA) is 12.0 Å². The summed E-state index contributed by atoms with van der Waals surface area (Å²) in [5.41, 5.74) is 0. The number of unbranched alkanes of at least 4 members (excludes halogenated alkanes) is 2. The average molecular weight is 187 g/mol. The van der Waals surface area contributed by atoms with E-state index in [9.17, 15) is 0 Å². The normalized spacial score (nSPS) is 12.0. The molecule has 0 bridgehead atoms. The van der Waals surface area contributed by atoms with Crippen LogP contribution in [0.5, 0.6) is 0 Å². The van der Waals surface area contributed by atoms with Gasteiger partial charge in [0.25, 0.3) is 0 Å². The lowest BCUT2D eigenvalue weighted by Gasteiger charge is -2.29. The molecule has 0 spiro atoms. The third kappa shape index (κ3) is 8.26. The van der Waals surface area contributed by atoms with Crippen LogP contribution in [-0.2, 0) is 0 Å². The van der Waals surface area contributed by atoms with E-state index in [1.165, 1.54) is 43.3 Å². The Morgan fingerprint density at radius 2 is 1.62 bits per heavy atom.